The summed E-state index contributed by atoms with van der Waals surface area (Å²) in [5.74, 6) is -0.987. The van der Waals surface area contributed by atoms with Gasteiger partial charge in [0, 0.05) is 29.8 Å². The minimum absolute atomic E-state index is 0.0511. The van der Waals surface area contributed by atoms with Gasteiger partial charge in [0.25, 0.3) is 0 Å². The molecule has 156 valence electrons. The van der Waals surface area contributed by atoms with Crippen LogP contribution in [0.4, 0.5) is 5.69 Å². The van der Waals surface area contributed by atoms with E-state index in [0.717, 1.165) is 16.8 Å². The van der Waals surface area contributed by atoms with Crippen molar-refractivity contribution in [3.05, 3.63) is 101 Å². The standard InChI is InChI=1S/C26H23NO4/c1-18-7-13-23(14-8-18)27-16-22(15-24(27)28)26(30)31-17-19-9-11-21(12-10-19)25(29)20-5-3-2-4-6-20/h2-14,22H,15-17H2,1H3. The smallest absolute Gasteiger partial charge is 0.311 e. The molecule has 31 heavy (non-hydrogen) atoms. The van der Waals surface area contributed by atoms with Crippen LogP contribution in [-0.4, -0.2) is 24.2 Å². The molecule has 0 spiro atoms. The van der Waals surface area contributed by atoms with Gasteiger partial charge in [-0.05, 0) is 24.6 Å². The maximum atomic E-state index is 12.5. The zero-order valence-corrected chi connectivity index (χ0v) is 17.3. The molecule has 0 N–H and O–H groups in total. The van der Waals surface area contributed by atoms with Gasteiger partial charge < -0.3 is 9.64 Å². The van der Waals surface area contributed by atoms with Crippen molar-refractivity contribution >= 4 is 23.3 Å². The number of hydrogen-bond donors (Lipinski definition) is 0. The first kappa shape index (κ1) is 20.5. The van der Waals surface area contributed by atoms with E-state index in [1.807, 2.05) is 49.4 Å². The molecule has 0 radical (unpaired) electrons. The highest BCUT2D eigenvalue weighted by Crippen LogP contribution is 2.26. The summed E-state index contributed by atoms with van der Waals surface area (Å²) in [7, 11) is 0. The highest BCUT2D eigenvalue weighted by atomic mass is 16.5. The summed E-state index contributed by atoms with van der Waals surface area (Å²) in [4.78, 5) is 39.0. The number of ether oxygens (including phenoxy) is 1. The molecule has 3 aromatic carbocycles. The Morgan fingerprint density at radius 2 is 1.55 bits per heavy atom. The van der Waals surface area contributed by atoms with Gasteiger partial charge in [0.15, 0.2) is 5.78 Å². The summed E-state index contributed by atoms with van der Waals surface area (Å²) in [6.07, 6.45) is 0.150. The molecule has 1 aliphatic heterocycles. The Morgan fingerprint density at radius 1 is 0.903 bits per heavy atom. The molecule has 1 heterocycles. The number of carbonyl (C=O) groups excluding carboxylic acids is 3. The number of aryl methyl sites for hydroxylation is 1. The quantitative estimate of drug-likeness (QED) is 0.446. The van der Waals surface area contributed by atoms with E-state index in [1.165, 1.54) is 0 Å². The molecule has 1 unspecified atom stereocenters. The van der Waals surface area contributed by atoms with Gasteiger partial charge in [-0.3, -0.25) is 14.4 Å². The lowest BCUT2D eigenvalue weighted by Crippen LogP contribution is -2.26. The molecule has 5 nitrogen and oxygen atoms in total. The van der Waals surface area contributed by atoms with Crippen molar-refractivity contribution in [1.82, 2.24) is 0 Å². The van der Waals surface area contributed by atoms with Gasteiger partial charge in [-0.2, -0.15) is 0 Å². The van der Waals surface area contributed by atoms with Crippen LogP contribution in [0.5, 0.6) is 0 Å². The lowest BCUT2D eigenvalue weighted by atomic mass is 10.0. The Labute approximate surface area is 181 Å². The monoisotopic (exact) mass is 413 g/mol. The van der Waals surface area contributed by atoms with Gasteiger partial charge in [0.1, 0.15) is 6.61 Å². The largest absolute Gasteiger partial charge is 0.461 e. The zero-order chi connectivity index (χ0) is 21.8. The van der Waals surface area contributed by atoms with Crippen molar-refractivity contribution in [3.8, 4) is 0 Å². The van der Waals surface area contributed by atoms with Crippen molar-refractivity contribution in [3.63, 3.8) is 0 Å². The van der Waals surface area contributed by atoms with E-state index < -0.39 is 5.92 Å². The van der Waals surface area contributed by atoms with E-state index in [4.69, 9.17) is 4.74 Å². The van der Waals surface area contributed by atoms with E-state index in [0.29, 0.717) is 17.7 Å². The van der Waals surface area contributed by atoms with E-state index >= 15 is 0 Å². The van der Waals surface area contributed by atoms with Crippen LogP contribution in [0.1, 0.15) is 33.5 Å². The van der Waals surface area contributed by atoms with Gasteiger partial charge in [-0.25, -0.2) is 0 Å². The lowest BCUT2D eigenvalue weighted by Gasteiger charge is -2.16. The van der Waals surface area contributed by atoms with Crippen molar-refractivity contribution in [1.29, 1.82) is 0 Å². The van der Waals surface area contributed by atoms with Crippen LogP contribution in [0, 0.1) is 12.8 Å². The van der Waals surface area contributed by atoms with Crippen molar-refractivity contribution < 1.29 is 19.1 Å². The predicted octanol–water partition coefficient (Wildman–Crippen LogP) is 4.32. The Morgan fingerprint density at radius 3 is 2.23 bits per heavy atom. The van der Waals surface area contributed by atoms with Gasteiger partial charge in [-0.1, -0.05) is 72.3 Å². The second-order valence-corrected chi connectivity index (χ2v) is 7.74. The summed E-state index contributed by atoms with van der Waals surface area (Å²) >= 11 is 0. The second-order valence-electron chi connectivity index (χ2n) is 7.74. The number of amides is 1. The van der Waals surface area contributed by atoms with Crippen LogP contribution in [0.15, 0.2) is 78.9 Å². The number of carbonyl (C=O) groups is 3. The first-order chi connectivity index (χ1) is 15.0. The molecule has 1 fully saturated rings. The minimum atomic E-state index is -0.479. The van der Waals surface area contributed by atoms with E-state index in [9.17, 15) is 14.4 Å². The summed E-state index contributed by atoms with van der Waals surface area (Å²) in [6.45, 7) is 2.42. The van der Waals surface area contributed by atoms with Gasteiger partial charge in [0.2, 0.25) is 5.91 Å². The average Bonchev–Trinajstić information content (AvgIpc) is 3.20. The fourth-order valence-electron chi connectivity index (χ4n) is 3.62. The molecule has 1 saturated heterocycles. The Hall–Kier alpha value is -3.73. The van der Waals surface area contributed by atoms with Crippen molar-refractivity contribution in [2.45, 2.75) is 20.0 Å². The SMILES string of the molecule is Cc1ccc(N2CC(C(=O)OCc3ccc(C(=O)c4ccccc4)cc3)CC2=O)cc1. The molecule has 0 saturated carbocycles. The Kier molecular flexibility index (Phi) is 5.94. The van der Waals surface area contributed by atoms with Crippen molar-refractivity contribution in [2.24, 2.45) is 5.92 Å². The molecule has 5 heteroatoms. The highest BCUT2D eigenvalue weighted by molar-refractivity contribution is 6.08. The molecule has 1 amide bonds. The first-order valence-corrected chi connectivity index (χ1v) is 10.2. The van der Waals surface area contributed by atoms with E-state index in [-0.39, 0.29) is 30.7 Å². The first-order valence-electron chi connectivity index (χ1n) is 10.2. The highest BCUT2D eigenvalue weighted by Gasteiger charge is 2.36. The molecule has 0 aliphatic carbocycles. The third kappa shape index (κ3) is 4.72. The molecule has 0 bridgehead atoms. The number of ketones is 1. The van der Waals surface area contributed by atoms with E-state index in [2.05, 4.69) is 0 Å². The van der Waals surface area contributed by atoms with Gasteiger partial charge >= 0.3 is 5.97 Å². The van der Waals surface area contributed by atoms with Crippen LogP contribution in [-0.2, 0) is 20.9 Å². The van der Waals surface area contributed by atoms with E-state index in [1.54, 1.807) is 41.3 Å². The fourth-order valence-corrected chi connectivity index (χ4v) is 3.62. The summed E-state index contributed by atoms with van der Waals surface area (Å²) in [5, 5.41) is 0. The fraction of sp³-hybridized carbons (Fsp3) is 0.192. The van der Waals surface area contributed by atoms with Crippen LogP contribution in [0.2, 0.25) is 0 Å². The maximum Gasteiger partial charge on any atom is 0.311 e. The zero-order valence-electron chi connectivity index (χ0n) is 17.3. The Bertz CT molecular complexity index is 1090. The normalized spacial score (nSPS) is 15.7. The molecule has 1 aliphatic rings. The van der Waals surface area contributed by atoms with Gasteiger partial charge in [0.05, 0.1) is 5.92 Å². The summed E-state index contributed by atoms with van der Waals surface area (Å²) in [6, 6.07) is 23.8. The summed E-state index contributed by atoms with van der Waals surface area (Å²) in [5.41, 5.74) is 3.91. The molecule has 1 atom stereocenters. The van der Waals surface area contributed by atoms with Gasteiger partial charge in [-0.15, -0.1) is 0 Å². The number of nitrogens with zero attached hydrogens (tertiary/aromatic N) is 1. The lowest BCUT2D eigenvalue weighted by molar-refractivity contribution is -0.149. The number of benzene rings is 3. The average molecular weight is 413 g/mol. The number of esters is 1. The third-order valence-corrected chi connectivity index (χ3v) is 5.44. The Balaban J connectivity index is 1.33. The number of hydrogen-bond acceptors (Lipinski definition) is 4. The molecular formula is C26H23NO4. The second kappa shape index (κ2) is 8.96. The molecular weight excluding hydrogens is 390 g/mol. The van der Waals surface area contributed by atoms with Crippen molar-refractivity contribution in [2.75, 3.05) is 11.4 Å². The van der Waals surface area contributed by atoms with Crippen LogP contribution < -0.4 is 4.90 Å². The third-order valence-electron chi connectivity index (χ3n) is 5.44. The summed E-state index contributed by atoms with van der Waals surface area (Å²) < 4.78 is 5.45. The topological polar surface area (TPSA) is 63.7 Å². The number of anilines is 1. The van der Waals surface area contributed by atoms with Crippen LogP contribution >= 0.6 is 0 Å². The maximum absolute atomic E-state index is 12.5. The van der Waals surface area contributed by atoms with Crippen LogP contribution in [0.25, 0.3) is 0 Å². The predicted molar refractivity (Wildman–Crippen MR) is 118 cm³/mol. The molecule has 0 aromatic heterocycles. The van der Waals surface area contributed by atoms with Crippen LogP contribution in [0.3, 0.4) is 0 Å². The molecule has 3 aromatic rings. The molecule has 4 rings (SSSR count). The minimum Gasteiger partial charge on any atom is -0.461 e. The number of rotatable bonds is 6.